The molecular formula is C41H53FeNO2. The Bertz CT molecular complexity index is 1220. The number of hydrogen-bond donors (Lipinski definition) is 0. The number of ether oxygens (including phenoxy) is 1. The van der Waals surface area contributed by atoms with Crippen molar-refractivity contribution in [1.29, 1.82) is 0 Å². The van der Waals surface area contributed by atoms with E-state index >= 15 is 0 Å². The van der Waals surface area contributed by atoms with E-state index in [2.05, 4.69) is 36.2 Å². The first-order valence-electron chi connectivity index (χ1n) is 17.1. The van der Waals surface area contributed by atoms with Crippen LogP contribution in [0.1, 0.15) is 119 Å². The smallest absolute Gasteiger partial charge is 0.462 e. The zero-order valence-electron chi connectivity index (χ0n) is 27.3. The van der Waals surface area contributed by atoms with Gasteiger partial charge in [0.25, 0.3) is 0 Å². The Morgan fingerprint density at radius 3 is 1.69 bits per heavy atom. The van der Waals surface area contributed by atoms with Crippen LogP contribution in [0.3, 0.4) is 0 Å². The summed E-state index contributed by atoms with van der Waals surface area (Å²) in [5, 5.41) is 0. The van der Waals surface area contributed by atoms with Crippen LogP contribution in [-0.2, 0) is 21.8 Å². The number of esters is 1. The average Bonchev–Trinajstić information content (AvgIpc) is 3.82. The average molecular weight is 648 g/mol. The van der Waals surface area contributed by atoms with Crippen LogP contribution >= 0.6 is 0 Å². The molecule has 0 aliphatic rings. The third-order valence-corrected chi connectivity index (χ3v) is 7.91. The summed E-state index contributed by atoms with van der Waals surface area (Å²) in [7, 11) is 0. The van der Waals surface area contributed by atoms with Crippen molar-refractivity contribution < 1.29 is 26.6 Å². The molecule has 0 saturated heterocycles. The second-order valence-electron chi connectivity index (χ2n) is 11.6. The van der Waals surface area contributed by atoms with Crippen LogP contribution in [0.5, 0.6) is 0 Å². The Hall–Kier alpha value is -3.20. The Labute approximate surface area is 283 Å². The van der Waals surface area contributed by atoms with Crippen molar-refractivity contribution in [3.63, 3.8) is 0 Å². The molecule has 0 saturated carbocycles. The minimum Gasteiger partial charge on any atom is -0.462 e. The van der Waals surface area contributed by atoms with Crippen LogP contribution in [0.4, 0.5) is 5.69 Å². The maximum absolute atomic E-state index is 12.4. The predicted octanol–water partition coefficient (Wildman–Crippen LogP) is 12.3. The van der Waals surface area contributed by atoms with E-state index in [4.69, 9.17) is 4.74 Å². The Kier molecular flexibility index (Phi) is 21.1. The van der Waals surface area contributed by atoms with E-state index in [1.807, 2.05) is 85.1 Å². The van der Waals surface area contributed by atoms with E-state index in [-0.39, 0.29) is 23.0 Å². The van der Waals surface area contributed by atoms with Crippen LogP contribution in [0.25, 0.3) is 11.1 Å². The van der Waals surface area contributed by atoms with E-state index in [1.54, 1.807) is 0 Å². The van der Waals surface area contributed by atoms with Gasteiger partial charge in [-0.2, -0.15) is 30.3 Å². The second-order valence-corrected chi connectivity index (χ2v) is 11.6. The third-order valence-electron chi connectivity index (χ3n) is 7.91. The minimum atomic E-state index is -0.244. The maximum atomic E-state index is 12.4. The SMILES string of the molecule is CCCCCCCCCCCCCCCCCOC(=O)c1ccc(C=Nc2ccc(-[c-]3cccc3)cc2)cc1.[Fe+2].c1cc[cH-]c1. The first-order chi connectivity index (χ1) is 21.8. The van der Waals surface area contributed by atoms with Gasteiger partial charge in [-0.05, 0) is 24.1 Å². The summed E-state index contributed by atoms with van der Waals surface area (Å²) in [6, 6.07) is 33.9. The molecule has 0 bridgehead atoms. The van der Waals surface area contributed by atoms with E-state index in [9.17, 15) is 4.79 Å². The summed E-state index contributed by atoms with van der Waals surface area (Å²) in [6.45, 7) is 2.78. The standard InChI is InChI=1S/C36H48NO2.C5H5.Fe/c1-2-3-4-5-6-7-8-9-10-11-12-13-14-15-18-29-39-36(38)34-23-21-31(22-24-34)30-37-35-27-25-33(26-28-35)32-19-16-17-20-32;1-2-4-5-3-1;/h16-17,19-28,30H,2-15,18,29H2,1H3;1-5H;/q2*-1;+2. The van der Waals surface area contributed by atoms with Gasteiger partial charge in [0.15, 0.2) is 0 Å². The second kappa shape index (κ2) is 25.0. The Morgan fingerprint density at radius 1 is 0.689 bits per heavy atom. The minimum absolute atomic E-state index is 0. The summed E-state index contributed by atoms with van der Waals surface area (Å²) in [5.74, 6) is -0.244. The molecule has 0 N–H and O–H groups in total. The number of aliphatic imine (C=N–C) groups is 1. The molecule has 45 heavy (non-hydrogen) atoms. The van der Waals surface area contributed by atoms with Gasteiger partial charge in [0.1, 0.15) is 0 Å². The molecule has 4 rings (SSSR count). The van der Waals surface area contributed by atoms with E-state index in [0.717, 1.165) is 24.1 Å². The van der Waals surface area contributed by atoms with Crippen molar-refractivity contribution in [3.05, 3.63) is 114 Å². The van der Waals surface area contributed by atoms with Crippen molar-refractivity contribution in [1.82, 2.24) is 0 Å². The van der Waals surface area contributed by atoms with Gasteiger partial charge in [0.2, 0.25) is 0 Å². The van der Waals surface area contributed by atoms with Gasteiger partial charge < -0.3 is 4.74 Å². The van der Waals surface area contributed by atoms with Crippen LogP contribution in [0.2, 0.25) is 0 Å². The summed E-state index contributed by atoms with van der Waals surface area (Å²) in [5.41, 5.74) is 4.84. The maximum Gasteiger partial charge on any atom is 2.00 e. The number of nitrogens with zero attached hydrogens (tertiary/aromatic N) is 1. The van der Waals surface area contributed by atoms with E-state index in [0.29, 0.717) is 12.2 Å². The zero-order chi connectivity index (χ0) is 30.9. The van der Waals surface area contributed by atoms with Crippen molar-refractivity contribution in [2.45, 2.75) is 103 Å². The van der Waals surface area contributed by atoms with Crippen molar-refractivity contribution in [2.75, 3.05) is 6.61 Å². The topological polar surface area (TPSA) is 38.7 Å². The fourth-order valence-electron chi connectivity index (χ4n) is 5.20. The largest absolute Gasteiger partial charge is 2.00 e. The molecule has 0 fully saturated rings. The number of unbranched alkanes of at least 4 members (excludes halogenated alkanes) is 14. The molecule has 4 aromatic rings. The molecule has 3 nitrogen and oxygen atoms in total. The van der Waals surface area contributed by atoms with Gasteiger partial charge >= 0.3 is 23.0 Å². The number of rotatable bonds is 20. The molecule has 0 heterocycles. The van der Waals surface area contributed by atoms with E-state index < -0.39 is 0 Å². The molecule has 0 radical (unpaired) electrons. The molecule has 0 unspecified atom stereocenters. The van der Waals surface area contributed by atoms with Gasteiger partial charge in [0.05, 0.1) is 12.2 Å². The Morgan fingerprint density at radius 2 is 1.20 bits per heavy atom. The monoisotopic (exact) mass is 647 g/mol. The molecule has 0 aromatic heterocycles. The third kappa shape index (κ3) is 17.2. The number of carbonyl (C=O) groups is 1. The summed E-state index contributed by atoms with van der Waals surface area (Å²) in [6.07, 6.45) is 21.8. The molecule has 0 amide bonds. The summed E-state index contributed by atoms with van der Waals surface area (Å²) >= 11 is 0. The quantitative estimate of drug-likeness (QED) is 0.0315. The van der Waals surface area contributed by atoms with Crippen molar-refractivity contribution >= 4 is 17.9 Å². The number of carbonyl (C=O) groups excluding carboxylic acids is 1. The normalized spacial score (nSPS) is 10.7. The van der Waals surface area contributed by atoms with Crippen molar-refractivity contribution in [2.24, 2.45) is 4.99 Å². The summed E-state index contributed by atoms with van der Waals surface area (Å²) in [4.78, 5) is 16.9. The van der Waals surface area contributed by atoms with Gasteiger partial charge in [-0.15, -0.1) is 29.8 Å². The Balaban J connectivity index is 0.00000107. The van der Waals surface area contributed by atoms with Crippen LogP contribution in [-0.4, -0.2) is 18.8 Å². The molecule has 4 heteroatoms. The molecule has 4 aromatic carbocycles. The fraction of sp³-hybridized carbons (Fsp3) is 0.415. The first-order valence-corrected chi connectivity index (χ1v) is 17.1. The van der Waals surface area contributed by atoms with Gasteiger partial charge in [-0.25, -0.2) is 16.9 Å². The van der Waals surface area contributed by atoms with Crippen LogP contribution < -0.4 is 0 Å². The van der Waals surface area contributed by atoms with Gasteiger partial charge in [0, 0.05) is 11.9 Å². The predicted molar refractivity (Wildman–Crippen MR) is 188 cm³/mol. The number of hydrogen-bond acceptors (Lipinski definition) is 3. The molecule has 0 atom stereocenters. The molecule has 0 aliphatic carbocycles. The van der Waals surface area contributed by atoms with Crippen molar-refractivity contribution in [3.8, 4) is 11.1 Å². The first kappa shape index (κ1) is 38.0. The summed E-state index contributed by atoms with van der Waals surface area (Å²) < 4.78 is 5.48. The number of benzene rings is 2. The zero-order valence-corrected chi connectivity index (χ0v) is 28.4. The van der Waals surface area contributed by atoms with Crippen LogP contribution in [0, 0.1) is 0 Å². The molecule has 0 aliphatic heterocycles. The molecule has 242 valence electrons. The molecule has 0 spiro atoms. The molecular weight excluding hydrogens is 594 g/mol. The van der Waals surface area contributed by atoms with E-state index in [1.165, 1.54) is 94.6 Å². The van der Waals surface area contributed by atoms with Gasteiger partial charge in [-0.1, -0.05) is 127 Å². The van der Waals surface area contributed by atoms with Crippen LogP contribution in [0.15, 0.2) is 108 Å². The fourth-order valence-corrected chi connectivity index (χ4v) is 5.20. The van der Waals surface area contributed by atoms with Gasteiger partial charge in [-0.3, -0.25) is 4.99 Å².